The van der Waals surface area contributed by atoms with Gasteiger partial charge < -0.3 is 0 Å². The summed E-state index contributed by atoms with van der Waals surface area (Å²) in [5.41, 5.74) is 0. The molecule has 0 spiro atoms. The molecule has 0 aromatic rings. The van der Waals surface area contributed by atoms with Gasteiger partial charge in [0.25, 0.3) is 0 Å². The fourth-order valence-corrected chi connectivity index (χ4v) is 7.99. The molecule has 3 rings (SSSR count). The van der Waals surface area contributed by atoms with Gasteiger partial charge in [0.05, 0.1) is 0 Å². The topological polar surface area (TPSA) is 0 Å². The molecule has 3 aliphatic rings. The maximum atomic E-state index is 2.55. The summed E-state index contributed by atoms with van der Waals surface area (Å²) in [5, 5.41) is 0. The Morgan fingerprint density at radius 3 is 1.86 bits per heavy atom. The summed E-state index contributed by atoms with van der Waals surface area (Å²) in [7, 11) is 0. The number of rotatable bonds is 6. The maximum Gasteiger partial charge on any atom is -0.0350 e. The van der Waals surface area contributed by atoms with Gasteiger partial charge in [0, 0.05) is 0 Å². The van der Waals surface area contributed by atoms with Gasteiger partial charge >= 0.3 is 0 Å². The minimum absolute atomic E-state index is 0.833. The molecule has 0 heterocycles. The van der Waals surface area contributed by atoms with E-state index in [1.165, 1.54) is 25.7 Å². The van der Waals surface area contributed by atoms with Crippen LogP contribution < -0.4 is 0 Å². The molecule has 0 saturated heterocycles. The van der Waals surface area contributed by atoms with E-state index in [2.05, 4.69) is 69.2 Å². The first kappa shape index (κ1) is 25.3. The first-order valence-electron chi connectivity index (χ1n) is 13.6. The summed E-state index contributed by atoms with van der Waals surface area (Å²) in [6.45, 7) is 24.0. The highest BCUT2D eigenvalue weighted by atomic mass is 14.5. The van der Waals surface area contributed by atoms with Crippen LogP contribution in [0.3, 0.4) is 0 Å². The molecular formula is C29H56. The van der Waals surface area contributed by atoms with Crippen molar-refractivity contribution >= 4 is 0 Å². The maximum absolute atomic E-state index is 2.55. The van der Waals surface area contributed by atoms with Crippen LogP contribution in [0.5, 0.6) is 0 Å². The molecule has 3 aliphatic carbocycles. The summed E-state index contributed by atoms with van der Waals surface area (Å²) < 4.78 is 0. The van der Waals surface area contributed by atoms with Crippen molar-refractivity contribution in [3.63, 3.8) is 0 Å². The molecule has 0 bridgehead atoms. The molecule has 3 saturated carbocycles. The van der Waals surface area contributed by atoms with E-state index >= 15 is 0 Å². The Kier molecular flexibility index (Phi) is 9.62. The first-order chi connectivity index (χ1) is 13.6. The van der Waals surface area contributed by atoms with Crippen LogP contribution in [0.15, 0.2) is 0 Å². The van der Waals surface area contributed by atoms with E-state index in [-0.39, 0.29) is 0 Å². The lowest BCUT2D eigenvalue weighted by Crippen LogP contribution is -2.29. The summed E-state index contributed by atoms with van der Waals surface area (Å²) >= 11 is 0. The first-order valence-corrected chi connectivity index (χ1v) is 13.6. The average Bonchev–Trinajstić information content (AvgIpc) is 3.25. The van der Waals surface area contributed by atoms with Crippen molar-refractivity contribution in [2.75, 3.05) is 0 Å². The summed E-state index contributed by atoms with van der Waals surface area (Å²) in [6, 6.07) is 0. The summed E-state index contributed by atoms with van der Waals surface area (Å²) in [6.07, 6.45) is 10.7. The third kappa shape index (κ3) is 6.26. The molecule has 0 aliphatic heterocycles. The van der Waals surface area contributed by atoms with Crippen LogP contribution in [0.1, 0.15) is 114 Å². The minimum atomic E-state index is 0.833. The normalized spacial score (nSPS) is 40.4. The highest BCUT2D eigenvalue weighted by Gasteiger charge is 2.48. The lowest BCUT2D eigenvalue weighted by molar-refractivity contribution is 0.132. The molecule has 0 radical (unpaired) electrons. The van der Waals surface area contributed by atoms with Crippen LogP contribution in [0.2, 0.25) is 0 Å². The molecule has 0 aromatic heterocycles. The fourth-order valence-electron chi connectivity index (χ4n) is 7.99. The second-order valence-electron chi connectivity index (χ2n) is 12.9. The smallest absolute Gasteiger partial charge is 0.0350 e. The zero-order valence-corrected chi connectivity index (χ0v) is 21.9. The highest BCUT2D eigenvalue weighted by Crippen LogP contribution is 2.56. The van der Waals surface area contributed by atoms with Gasteiger partial charge in [-0.05, 0) is 110 Å². The van der Waals surface area contributed by atoms with Crippen molar-refractivity contribution in [1.82, 2.24) is 0 Å². The standard InChI is InChI=1S/C25H46.C4H10/c1-8-21(15(2)3)23-10-9-22(16(4)5)25(23)14-19-12-20-11-17(6)18(7)24(20)13-19;1-4(2)3/h15-25H,8-14H2,1-7H3;4H,1-3H3. The van der Waals surface area contributed by atoms with Gasteiger partial charge in [0.2, 0.25) is 0 Å². The average molecular weight is 405 g/mol. The predicted octanol–water partition coefficient (Wildman–Crippen LogP) is 9.34. The van der Waals surface area contributed by atoms with Crippen LogP contribution in [0, 0.1) is 71.0 Å². The van der Waals surface area contributed by atoms with E-state index in [1.54, 1.807) is 19.3 Å². The van der Waals surface area contributed by atoms with Gasteiger partial charge in [-0.3, -0.25) is 0 Å². The Hall–Kier alpha value is 0. The van der Waals surface area contributed by atoms with E-state index in [1.807, 2.05) is 0 Å². The van der Waals surface area contributed by atoms with E-state index in [9.17, 15) is 0 Å². The van der Waals surface area contributed by atoms with E-state index < -0.39 is 0 Å². The molecule has 29 heavy (non-hydrogen) atoms. The van der Waals surface area contributed by atoms with E-state index in [0.717, 1.165) is 71.0 Å². The van der Waals surface area contributed by atoms with Crippen molar-refractivity contribution in [1.29, 1.82) is 0 Å². The Bertz CT molecular complexity index is 458. The van der Waals surface area contributed by atoms with E-state index in [4.69, 9.17) is 0 Å². The van der Waals surface area contributed by atoms with Crippen molar-refractivity contribution in [2.24, 2.45) is 71.0 Å². The van der Waals surface area contributed by atoms with Crippen LogP contribution >= 0.6 is 0 Å². The lowest BCUT2D eigenvalue weighted by Gasteiger charge is -2.36. The van der Waals surface area contributed by atoms with Gasteiger partial charge in [-0.1, -0.05) is 75.7 Å². The molecular weight excluding hydrogens is 348 g/mol. The Balaban J connectivity index is 0.000000687. The molecule has 3 fully saturated rings. The SMILES string of the molecule is CC(C)C.CCC(C(C)C)C1CCC(C(C)C)C1CC1CC2CC(C)C(C)C2C1. The molecule has 172 valence electrons. The molecule has 0 aromatic carbocycles. The van der Waals surface area contributed by atoms with Gasteiger partial charge in [0.15, 0.2) is 0 Å². The fraction of sp³-hybridized carbons (Fsp3) is 1.00. The Morgan fingerprint density at radius 1 is 0.793 bits per heavy atom. The minimum Gasteiger partial charge on any atom is -0.0651 e. The van der Waals surface area contributed by atoms with Gasteiger partial charge in [-0.15, -0.1) is 0 Å². The van der Waals surface area contributed by atoms with Crippen molar-refractivity contribution < 1.29 is 0 Å². The molecule has 9 atom stereocenters. The third-order valence-corrected chi connectivity index (χ3v) is 9.37. The largest absolute Gasteiger partial charge is 0.0651 e. The quantitative estimate of drug-likeness (QED) is 0.413. The molecule has 0 amide bonds. The molecule has 0 heteroatoms. The highest BCUT2D eigenvalue weighted by molar-refractivity contribution is 4.97. The van der Waals surface area contributed by atoms with Crippen LogP contribution in [-0.4, -0.2) is 0 Å². The summed E-state index contributed by atoms with van der Waals surface area (Å²) in [5.74, 6) is 11.8. The van der Waals surface area contributed by atoms with Crippen LogP contribution in [0.4, 0.5) is 0 Å². The molecule has 0 N–H and O–H groups in total. The third-order valence-electron chi connectivity index (χ3n) is 9.37. The number of fused-ring (bicyclic) bond motifs is 1. The summed E-state index contributed by atoms with van der Waals surface area (Å²) in [4.78, 5) is 0. The van der Waals surface area contributed by atoms with Crippen molar-refractivity contribution in [2.45, 2.75) is 114 Å². The van der Waals surface area contributed by atoms with Gasteiger partial charge in [0.1, 0.15) is 0 Å². The van der Waals surface area contributed by atoms with Crippen molar-refractivity contribution in [3.05, 3.63) is 0 Å². The van der Waals surface area contributed by atoms with Gasteiger partial charge in [-0.25, -0.2) is 0 Å². The van der Waals surface area contributed by atoms with Crippen molar-refractivity contribution in [3.8, 4) is 0 Å². The number of hydrogen-bond donors (Lipinski definition) is 0. The second kappa shape index (κ2) is 11.0. The number of hydrogen-bond acceptors (Lipinski definition) is 0. The second-order valence-corrected chi connectivity index (χ2v) is 12.9. The zero-order chi connectivity index (χ0) is 21.9. The Morgan fingerprint density at radius 2 is 1.38 bits per heavy atom. The van der Waals surface area contributed by atoms with Crippen LogP contribution in [-0.2, 0) is 0 Å². The monoisotopic (exact) mass is 404 g/mol. The predicted molar refractivity (Wildman–Crippen MR) is 131 cm³/mol. The zero-order valence-electron chi connectivity index (χ0n) is 21.9. The van der Waals surface area contributed by atoms with E-state index in [0.29, 0.717) is 0 Å². The van der Waals surface area contributed by atoms with Crippen LogP contribution in [0.25, 0.3) is 0 Å². The molecule has 0 nitrogen and oxygen atoms in total. The lowest BCUT2D eigenvalue weighted by atomic mass is 9.69. The Labute approximate surface area is 185 Å². The van der Waals surface area contributed by atoms with Gasteiger partial charge in [-0.2, -0.15) is 0 Å². The molecule has 9 unspecified atom stereocenters.